The van der Waals surface area contributed by atoms with Crippen molar-refractivity contribution in [2.24, 2.45) is 5.92 Å². The van der Waals surface area contributed by atoms with E-state index in [0.717, 1.165) is 12.8 Å². The maximum atomic E-state index is 12.0. The lowest BCUT2D eigenvalue weighted by molar-refractivity contribution is -0.145. The average Bonchev–Trinajstić information content (AvgIpc) is 2.46. The largest absolute Gasteiger partial charge is 0.481 e. The molecule has 4 heteroatoms. The molecular formula is C16H29NO3. The Bertz CT molecular complexity index is 296. The van der Waals surface area contributed by atoms with Gasteiger partial charge in [-0.2, -0.15) is 0 Å². The molecule has 1 saturated heterocycles. The number of likely N-dealkylation sites (tertiary alicyclic amines) is 1. The van der Waals surface area contributed by atoms with Crippen molar-refractivity contribution >= 4 is 11.9 Å². The van der Waals surface area contributed by atoms with Crippen LogP contribution in [0.1, 0.15) is 71.1 Å². The van der Waals surface area contributed by atoms with E-state index in [9.17, 15) is 9.59 Å². The van der Waals surface area contributed by atoms with Crippen LogP contribution in [-0.2, 0) is 9.59 Å². The lowest BCUT2D eigenvalue weighted by Gasteiger charge is -2.30. The van der Waals surface area contributed by atoms with Gasteiger partial charge in [0.25, 0.3) is 0 Å². The number of unbranched alkanes of at least 4 members (excludes halogenated alkanes) is 6. The number of aliphatic carboxylic acids is 1. The van der Waals surface area contributed by atoms with E-state index < -0.39 is 5.97 Å². The van der Waals surface area contributed by atoms with Gasteiger partial charge in [0, 0.05) is 19.5 Å². The molecule has 0 aromatic rings. The molecule has 116 valence electrons. The zero-order chi connectivity index (χ0) is 14.8. The van der Waals surface area contributed by atoms with Crippen molar-refractivity contribution in [2.45, 2.75) is 71.1 Å². The summed E-state index contributed by atoms with van der Waals surface area (Å²) in [6.07, 6.45) is 10.4. The topological polar surface area (TPSA) is 57.6 Å². The molecule has 1 N–H and O–H groups in total. The van der Waals surface area contributed by atoms with E-state index >= 15 is 0 Å². The molecule has 1 aliphatic rings. The number of piperidine rings is 1. The highest BCUT2D eigenvalue weighted by Crippen LogP contribution is 2.18. The zero-order valence-corrected chi connectivity index (χ0v) is 12.8. The van der Waals surface area contributed by atoms with Crippen molar-refractivity contribution in [2.75, 3.05) is 13.1 Å². The summed E-state index contributed by atoms with van der Waals surface area (Å²) in [6, 6.07) is 0. The number of carbonyl (C=O) groups is 2. The Hall–Kier alpha value is -1.06. The van der Waals surface area contributed by atoms with Crippen LogP contribution in [0.25, 0.3) is 0 Å². The first-order chi connectivity index (χ1) is 9.65. The molecule has 1 fully saturated rings. The van der Waals surface area contributed by atoms with Gasteiger partial charge < -0.3 is 10.0 Å². The van der Waals surface area contributed by atoms with Crippen LogP contribution in [-0.4, -0.2) is 35.0 Å². The van der Waals surface area contributed by atoms with E-state index in [1.807, 2.05) is 4.90 Å². The fourth-order valence-corrected chi connectivity index (χ4v) is 2.77. The summed E-state index contributed by atoms with van der Waals surface area (Å²) in [4.78, 5) is 24.7. The Morgan fingerprint density at radius 2 is 1.55 bits per heavy atom. The molecule has 20 heavy (non-hydrogen) atoms. The predicted molar refractivity (Wildman–Crippen MR) is 79.5 cm³/mol. The molecule has 0 saturated carbocycles. The lowest BCUT2D eigenvalue weighted by Crippen LogP contribution is -2.40. The number of carbonyl (C=O) groups excluding carboxylic acids is 1. The smallest absolute Gasteiger partial charge is 0.306 e. The molecule has 1 rings (SSSR count). The number of hydrogen-bond donors (Lipinski definition) is 1. The fraction of sp³-hybridized carbons (Fsp3) is 0.875. The molecule has 1 amide bonds. The molecule has 0 aromatic heterocycles. The monoisotopic (exact) mass is 283 g/mol. The quantitative estimate of drug-likeness (QED) is 0.659. The maximum Gasteiger partial charge on any atom is 0.306 e. The Morgan fingerprint density at radius 1 is 1.00 bits per heavy atom. The molecule has 0 unspecified atom stereocenters. The first-order valence-electron chi connectivity index (χ1n) is 8.15. The van der Waals surface area contributed by atoms with Gasteiger partial charge >= 0.3 is 5.97 Å². The molecule has 0 atom stereocenters. The normalized spacial score (nSPS) is 16.4. The number of rotatable bonds is 9. The van der Waals surface area contributed by atoms with Gasteiger partial charge in [-0.1, -0.05) is 45.4 Å². The highest BCUT2D eigenvalue weighted by Gasteiger charge is 2.26. The summed E-state index contributed by atoms with van der Waals surface area (Å²) < 4.78 is 0. The van der Waals surface area contributed by atoms with E-state index in [-0.39, 0.29) is 11.8 Å². The Morgan fingerprint density at radius 3 is 2.10 bits per heavy atom. The number of carboxylic acid groups (broad SMARTS) is 1. The van der Waals surface area contributed by atoms with Gasteiger partial charge in [-0.15, -0.1) is 0 Å². The summed E-state index contributed by atoms with van der Waals surface area (Å²) in [5, 5.41) is 8.92. The standard InChI is InChI=1S/C16H29NO3/c1-2-3-4-5-6-7-8-9-15(18)17-12-10-14(11-13-17)16(19)20/h14H,2-13H2,1H3,(H,19,20). The Kier molecular flexibility index (Phi) is 8.31. The van der Waals surface area contributed by atoms with Gasteiger partial charge in [0.05, 0.1) is 5.92 Å². The molecular weight excluding hydrogens is 254 g/mol. The SMILES string of the molecule is CCCCCCCCCC(=O)N1CCC(C(=O)O)CC1. The second-order valence-corrected chi connectivity index (χ2v) is 5.86. The van der Waals surface area contributed by atoms with Crippen LogP contribution in [0.15, 0.2) is 0 Å². The van der Waals surface area contributed by atoms with E-state index in [1.54, 1.807) is 0 Å². The lowest BCUT2D eigenvalue weighted by atomic mass is 9.97. The van der Waals surface area contributed by atoms with Crippen LogP contribution < -0.4 is 0 Å². The molecule has 0 bridgehead atoms. The highest BCUT2D eigenvalue weighted by molar-refractivity contribution is 5.77. The number of amides is 1. The summed E-state index contributed by atoms with van der Waals surface area (Å²) in [7, 11) is 0. The van der Waals surface area contributed by atoms with E-state index in [0.29, 0.717) is 32.4 Å². The Labute approximate surface area is 122 Å². The van der Waals surface area contributed by atoms with Gasteiger partial charge in [0.2, 0.25) is 5.91 Å². The Balaban J connectivity index is 2.04. The van der Waals surface area contributed by atoms with E-state index in [1.165, 1.54) is 32.1 Å². The summed E-state index contributed by atoms with van der Waals surface area (Å²) in [6.45, 7) is 3.45. The number of hydrogen-bond acceptors (Lipinski definition) is 2. The van der Waals surface area contributed by atoms with Gasteiger partial charge in [-0.25, -0.2) is 0 Å². The van der Waals surface area contributed by atoms with Crippen LogP contribution in [0.2, 0.25) is 0 Å². The first-order valence-corrected chi connectivity index (χ1v) is 8.15. The minimum absolute atomic E-state index is 0.211. The maximum absolute atomic E-state index is 12.0. The first kappa shape index (κ1) is 17.0. The van der Waals surface area contributed by atoms with Gasteiger partial charge in [-0.05, 0) is 19.3 Å². The zero-order valence-electron chi connectivity index (χ0n) is 12.8. The molecule has 0 radical (unpaired) electrons. The predicted octanol–water partition coefficient (Wildman–Crippen LogP) is 3.45. The van der Waals surface area contributed by atoms with Gasteiger partial charge in [0.15, 0.2) is 0 Å². The van der Waals surface area contributed by atoms with Crippen molar-refractivity contribution in [3.8, 4) is 0 Å². The van der Waals surface area contributed by atoms with Crippen molar-refractivity contribution in [3.63, 3.8) is 0 Å². The van der Waals surface area contributed by atoms with Crippen LogP contribution >= 0.6 is 0 Å². The molecule has 0 aliphatic carbocycles. The fourth-order valence-electron chi connectivity index (χ4n) is 2.77. The minimum atomic E-state index is -0.718. The third kappa shape index (κ3) is 6.40. The van der Waals surface area contributed by atoms with E-state index in [4.69, 9.17) is 5.11 Å². The van der Waals surface area contributed by atoms with Gasteiger partial charge in [-0.3, -0.25) is 9.59 Å². The average molecular weight is 283 g/mol. The number of carboxylic acids is 1. The second-order valence-electron chi connectivity index (χ2n) is 5.86. The van der Waals surface area contributed by atoms with Gasteiger partial charge in [0.1, 0.15) is 0 Å². The minimum Gasteiger partial charge on any atom is -0.481 e. The second kappa shape index (κ2) is 9.78. The van der Waals surface area contributed by atoms with Crippen LogP contribution in [0.5, 0.6) is 0 Å². The molecule has 0 aromatic carbocycles. The van der Waals surface area contributed by atoms with Crippen molar-refractivity contribution in [1.29, 1.82) is 0 Å². The molecule has 0 spiro atoms. The van der Waals surface area contributed by atoms with Crippen molar-refractivity contribution in [3.05, 3.63) is 0 Å². The molecule has 4 nitrogen and oxygen atoms in total. The van der Waals surface area contributed by atoms with Crippen LogP contribution in [0.3, 0.4) is 0 Å². The molecule has 1 heterocycles. The third-order valence-electron chi connectivity index (χ3n) is 4.19. The van der Waals surface area contributed by atoms with Crippen LogP contribution in [0, 0.1) is 5.92 Å². The summed E-state index contributed by atoms with van der Waals surface area (Å²) in [5.41, 5.74) is 0. The summed E-state index contributed by atoms with van der Waals surface area (Å²) >= 11 is 0. The highest BCUT2D eigenvalue weighted by atomic mass is 16.4. The third-order valence-corrected chi connectivity index (χ3v) is 4.19. The van der Waals surface area contributed by atoms with E-state index in [2.05, 4.69) is 6.92 Å². The van der Waals surface area contributed by atoms with Crippen molar-refractivity contribution in [1.82, 2.24) is 4.90 Å². The number of nitrogens with zero attached hydrogens (tertiary/aromatic N) is 1. The summed E-state index contributed by atoms with van der Waals surface area (Å²) in [5.74, 6) is -0.760. The van der Waals surface area contributed by atoms with Crippen LogP contribution in [0.4, 0.5) is 0 Å². The van der Waals surface area contributed by atoms with Crippen molar-refractivity contribution < 1.29 is 14.7 Å². The molecule has 1 aliphatic heterocycles.